The monoisotopic (exact) mass is 439 g/mol. The number of carbonyl (C=O) groups is 1. The summed E-state index contributed by atoms with van der Waals surface area (Å²) >= 11 is 0. The van der Waals surface area contributed by atoms with Crippen molar-refractivity contribution in [3.05, 3.63) is 18.0 Å². The molecule has 0 radical (unpaired) electrons. The second-order valence-electron chi connectivity index (χ2n) is 8.48. The number of esters is 1. The maximum Gasteiger partial charge on any atom is 0.306 e. The van der Waals surface area contributed by atoms with E-state index in [1.807, 2.05) is 23.5 Å². The second-order valence-corrected chi connectivity index (χ2v) is 8.48. The minimum Gasteiger partial charge on any atom is -0.486 e. The van der Waals surface area contributed by atoms with E-state index in [0.29, 0.717) is 42.6 Å². The third-order valence-electron chi connectivity index (χ3n) is 6.10. The Morgan fingerprint density at radius 2 is 1.91 bits per heavy atom. The minimum atomic E-state index is -0.0590. The summed E-state index contributed by atoms with van der Waals surface area (Å²) in [5.74, 6) is 2.84. The molecule has 2 aliphatic rings. The molecular weight excluding hydrogens is 410 g/mol. The zero-order valence-corrected chi connectivity index (χ0v) is 18.4. The molecule has 0 unspecified atom stereocenters. The lowest BCUT2D eigenvalue weighted by Gasteiger charge is -2.19. The quantitative estimate of drug-likeness (QED) is 0.418. The van der Waals surface area contributed by atoms with E-state index in [4.69, 9.17) is 19.2 Å². The number of fused-ring (bicyclic) bond motifs is 4. The summed E-state index contributed by atoms with van der Waals surface area (Å²) in [6, 6.07) is 3.85. The largest absolute Gasteiger partial charge is 0.486 e. The molecule has 3 heterocycles. The van der Waals surface area contributed by atoms with Crippen LogP contribution in [0.2, 0.25) is 0 Å². The minimum absolute atomic E-state index is 0.0590. The van der Waals surface area contributed by atoms with E-state index in [1.54, 1.807) is 0 Å². The predicted octanol–water partition coefficient (Wildman–Crippen LogP) is 3.82. The summed E-state index contributed by atoms with van der Waals surface area (Å²) in [7, 11) is 0. The zero-order chi connectivity index (χ0) is 21.9. The number of nitrogens with zero attached hydrogens (tertiary/aromatic N) is 4. The van der Waals surface area contributed by atoms with Gasteiger partial charge in [0.15, 0.2) is 17.3 Å². The maximum atomic E-state index is 11.9. The lowest BCUT2D eigenvalue weighted by atomic mass is 10.2. The predicted molar refractivity (Wildman–Crippen MR) is 119 cm³/mol. The molecule has 0 saturated heterocycles. The lowest BCUT2D eigenvalue weighted by Crippen LogP contribution is -2.15. The van der Waals surface area contributed by atoms with Crippen LogP contribution in [0.5, 0.6) is 11.5 Å². The summed E-state index contributed by atoms with van der Waals surface area (Å²) in [5.41, 5.74) is 2.37. The van der Waals surface area contributed by atoms with Gasteiger partial charge in [0, 0.05) is 25.1 Å². The average molecular weight is 440 g/mol. The fourth-order valence-electron chi connectivity index (χ4n) is 4.46. The molecule has 9 heteroatoms. The van der Waals surface area contributed by atoms with Gasteiger partial charge in [0.25, 0.3) is 0 Å². The number of aryl methyl sites for hydroxylation is 1. The first-order valence-corrected chi connectivity index (χ1v) is 11.6. The molecule has 9 nitrogen and oxygen atoms in total. The molecular formula is C23H29N5O4. The molecule has 170 valence electrons. The Morgan fingerprint density at radius 1 is 1.12 bits per heavy atom. The third-order valence-corrected chi connectivity index (χ3v) is 6.10. The molecule has 1 aliphatic heterocycles. The molecule has 1 aromatic carbocycles. The Hall–Kier alpha value is -3.10. The molecule has 1 aliphatic carbocycles. The first kappa shape index (κ1) is 20.8. The van der Waals surface area contributed by atoms with Crippen LogP contribution in [0.25, 0.3) is 16.7 Å². The van der Waals surface area contributed by atoms with Crippen molar-refractivity contribution in [1.29, 1.82) is 0 Å². The van der Waals surface area contributed by atoms with E-state index >= 15 is 0 Å². The van der Waals surface area contributed by atoms with E-state index < -0.39 is 0 Å². The summed E-state index contributed by atoms with van der Waals surface area (Å²) < 4.78 is 19.0. The molecule has 1 N–H and O–H groups in total. The number of unbranched alkanes of at least 4 members (excludes halogenated alkanes) is 2. The van der Waals surface area contributed by atoms with Crippen LogP contribution in [-0.2, 0) is 9.53 Å². The van der Waals surface area contributed by atoms with Gasteiger partial charge in [-0.05, 0) is 45.4 Å². The maximum absolute atomic E-state index is 11.9. The SMILES string of the molecule is Cc1nnc2c(NCCCCCC(=O)OC3CCCC3)nc3cc4c(cc3n12)OCCO4. The number of hydrogen-bond donors (Lipinski definition) is 1. The van der Waals surface area contributed by atoms with Crippen molar-refractivity contribution < 1.29 is 19.0 Å². The Bertz CT molecular complexity index is 1120. The van der Waals surface area contributed by atoms with E-state index in [2.05, 4.69) is 15.5 Å². The highest BCUT2D eigenvalue weighted by molar-refractivity contribution is 5.86. The van der Waals surface area contributed by atoms with Gasteiger partial charge >= 0.3 is 5.97 Å². The molecule has 0 spiro atoms. The summed E-state index contributed by atoms with van der Waals surface area (Å²) in [5, 5.41) is 12.0. The first-order valence-electron chi connectivity index (χ1n) is 11.6. The molecule has 0 bridgehead atoms. The zero-order valence-electron chi connectivity index (χ0n) is 18.4. The van der Waals surface area contributed by atoms with Gasteiger partial charge in [0.05, 0.1) is 11.0 Å². The number of hydrogen-bond acceptors (Lipinski definition) is 8. The topological polar surface area (TPSA) is 99.9 Å². The van der Waals surface area contributed by atoms with Crippen LogP contribution in [0, 0.1) is 6.92 Å². The van der Waals surface area contributed by atoms with Crippen molar-refractivity contribution in [1.82, 2.24) is 19.6 Å². The molecule has 5 rings (SSSR count). The normalized spacial score (nSPS) is 16.0. The standard InChI is InChI=1S/C23H29N5O4/c1-15-26-27-23-22(24-10-6-2-3-9-21(29)32-16-7-4-5-8-16)25-17-13-19-20(31-12-11-30-19)14-18(17)28(15)23/h13-14,16H,2-12H2,1H3,(H,24,25). The van der Waals surface area contributed by atoms with Crippen molar-refractivity contribution in [3.8, 4) is 11.5 Å². The highest BCUT2D eigenvalue weighted by Crippen LogP contribution is 2.35. The molecule has 0 amide bonds. The highest BCUT2D eigenvalue weighted by atomic mass is 16.6. The van der Waals surface area contributed by atoms with E-state index in [1.165, 1.54) is 12.8 Å². The molecule has 1 fully saturated rings. The van der Waals surface area contributed by atoms with Crippen LogP contribution in [0.1, 0.15) is 57.2 Å². The van der Waals surface area contributed by atoms with Crippen molar-refractivity contribution in [2.75, 3.05) is 25.1 Å². The van der Waals surface area contributed by atoms with Gasteiger partial charge < -0.3 is 19.5 Å². The Morgan fingerprint density at radius 3 is 2.72 bits per heavy atom. The van der Waals surface area contributed by atoms with Crippen LogP contribution in [0.4, 0.5) is 5.82 Å². The second kappa shape index (κ2) is 9.18. The average Bonchev–Trinajstić information content (AvgIpc) is 3.45. The summed E-state index contributed by atoms with van der Waals surface area (Å²) in [4.78, 5) is 16.7. The highest BCUT2D eigenvalue weighted by Gasteiger charge is 2.20. The number of anilines is 1. The van der Waals surface area contributed by atoms with Gasteiger partial charge in [-0.3, -0.25) is 9.20 Å². The lowest BCUT2D eigenvalue weighted by molar-refractivity contribution is -0.148. The Balaban J connectivity index is 1.21. The van der Waals surface area contributed by atoms with E-state index in [0.717, 1.165) is 55.5 Å². The number of aromatic nitrogens is 4. The van der Waals surface area contributed by atoms with Gasteiger partial charge in [-0.15, -0.1) is 10.2 Å². The Kier molecular flexibility index (Phi) is 5.96. The fraction of sp³-hybridized carbons (Fsp3) is 0.565. The number of ether oxygens (including phenoxy) is 3. The van der Waals surface area contributed by atoms with Crippen LogP contribution in [-0.4, -0.2) is 51.4 Å². The summed E-state index contributed by atoms with van der Waals surface area (Å²) in [6.45, 7) is 3.73. The van der Waals surface area contributed by atoms with E-state index in [9.17, 15) is 4.79 Å². The Labute approximate surface area is 186 Å². The number of benzene rings is 1. The number of rotatable bonds is 8. The smallest absolute Gasteiger partial charge is 0.306 e. The van der Waals surface area contributed by atoms with Crippen molar-refractivity contribution >= 4 is 28.5 Å². The van der Waals surface area contributed by atoms with E-state index in [-0.39, 0.29) is 12.1 Å². The first-order chi connectivity index (χ1) is 15.7. The van der Waals surface area contributed by atoms with Gasteiger partial charge in [0.2, 0.25) is 5.65 Å². The molecule has 32 heavy (non-hydrogen) atoms. The van der Waals surface area contributed by atoms with Crippen LogP contribution in [0.3, 0.4) is 0 Å². The molecule has 2 aromatic heterocycles. The van der Waals surface area contributed by atoms with Crippen LogP contribution in [0.15, 0.2) is 12.1 Å². The van der Waals surface area contributed by atoms with Gasteiger partial charge in [-0.25, -0.2) is 4.98 Å². The van der Waals surface area contributed by atoms with Gasteiger partial charge in [-0.2, -0.15) is 0 Å². The molecule has 3 aromatic rings. The van der Waals surface area contributed by atoms with Gasteiger partial charge in [0.1, 0.15) is 25.1 Å². The fourth-order valence-corrected chi connectivity index (χ4v) is 4.46. The van der Waals surface area contributed by atoms with Crippen LogP contribution >= 0.6 is 0 Å². The number of nitrogens with one attached hydrogen (secondary N) is 1. The summed E-state index contributed by atoms with van der Waals surface area (Å²) in [6.07, 6.45) is 7.74. The van der Waals surface area contributed by atoms with Crippen molar-refractivity contribution in [2.24, 2.45) is 0 Å². The van der Waals surface area contributed by atoms with Gasteiger partial charge in [-0.1, -0.05) is 6.42 Å². The molecule has 0 atom stereocenters. The van der Waals surface area contributed by atoms with Crippen LogP contribution < -0.4 is 14.8 Å². The number of carbonyl (C=O) groups excluding carboxylic acids is 1. The third kappa shape index (κ3) is 4.28. The molecule has 1 saturated carbocycles. The van der Waals surface area contributed by atoms with Crippen molar-refractivity contribution in [2.45, 2.75) is 64.4 Å². The van der Waals surface area contributed by atoms with Crippen molar-refractivity contribution in [3.63, 3.8) is 0 Å².